The van der Waals surface area contributed by atoms with Crippen molar-refractivity contribution in [3.05, 3.63) is 52.5 Å². The highest BCUT2D eigenvalue weighted by atomic mass is 19.1. The Morgan fingerprint density at radius 1 is 1.32 bits per heavy atom. The van der Waals surface area contributed by atoms with E-state index in [1.165, 1.54) is 17.7 Å². The number of halogens is 1. The van der Waals surface area contributed by atoms with E-state index in [0.29, 0.717) is 44.0 Å². The summed E-state index contributed by atoms with van der Waals surface area (Å²) in [6.45, 7) is 7.06. The normalized spacial score (nSPS) is 21.7. The zero-order chi connectivity index (χ0) is 28.3. The molecule has 0 spiro atoms. The van der Waals surface area contributed by atoms with Crippen LogP contribution in [0.25, 0.3) is 0 Å². The molecule has 1 aromatic heterocycles. The largest absolute Gasteiger partial charge is 0.493 e. The van der Waals surface area contributed by atoms with Crippen molar-refractivity contribution in [2.75, 3.05) is 45.3 Å². The minimum Gasteiger partial charge on any atom is -0.493 e. The van der Waals surface area contributed by atoms with Crippen LogP contribution < -0.4 is 10.1 Å². The molecule has 3 atom stereocenters. The number of aromatic nitrogens is 1. The van der Waals surface area contributed by atoms with Gasteiger partial charge in [-0.3, -0.25) is 9.69 Å². The van der Waals surface area contributed by atoms with Gasteiger partial charge in [-0.2, -0.15) is 0 Å². The van der Waals surface area contributed by atoms with Gasteiger partial charge in [0.2, 0.25) is 0 Å². The van der Waals surface area contributed by atoms with Crippen molar-refractivity contribution in [2.45, 2.75) is 76.5 Å². The van der Waals surface area contributed by atoms with Crippen molar-refractivity contribution in [3.8, 4) is 5.75 Å². The summed E-state index contributed by atoms with van der Waals surface area (Å²) in [5, 5.41) is 13.7. The molecule has 218 valence electrons. The number of unbranched alkanes of at least 4 members (excludes halogenated alkanes) is 1. The molecule has 40 heavy (non-hydrogen) atoms. The first-order valence-electron chi connectivity index (χ1n) is 14.6. The molecule has 3 aliphatic rings. The van der Waals surface area contributed by atoms with Gasteiger partial charge >= 0.3 is 5.97 Å². The summed E-state index contributed by atoms with van der Waals surface area (Å²) in [6.07, 6.45) is 6.31. The molecule has 2 N–H and O–H groups in total. The molecule has 3 aliphatic heterocycles. The fourth-order valence-corrected chi connectivity index (χ4v) is 6.11. The van der Waals surface area contributed by atoms with E-state index in [0.717, 1.165) is 62.1 Å². The van der Waals surface area contributed by atoms with E-state index in [-0.39, 0.29) is 12.0 Å². The first-order valence-corrected chi connectivity index (χ1v) is 14.6. The summed E-state index contributed by atoms with van der Waals surface area (Å²) in [7, 11) is 1.66. The number of nitrogens with zero attached hydrogens (tertiary/aromatic N) is 2. The Hall–Kier alpha value is -2.75. The number of hydrogen-bond acceptors (Lipinski definition) is 7. The van der Waals surface area contributed by atoms with E-state index in [4.69, 9.17) is 19.2 Å². The van der Waals surface area contributed by atoms with Crippen LogP contribution in [0.3, 0.4) is 0 Å². The summed E-state index contributed by atoms with van der Waals surface area (Å²) in [5.41, 5.74) is 3.16. The Morgan fingerprint density at radius 2 is 2.17 bits per heavy atom. The second-order valence-corrected chi connectivity index (χ2v) is 11.8. The zero-order valence-electron chi connectivity index (χ0n) is 23.9. The molecule has 0 saturated carbocycles. The van der Waals surface area contributed by atoms with Crippen molar-refractivity contribution in [1.82, 2.24) is 9.88 Å². The molecule has 1 aromatic carbocycles. The van der Waals surface area contributed by atoms with E-state index in [1.807, 2.05) is 18.7 Å². The van der Waals surface area contributed by atoms with Gasteiger partial charge in [0.15, 0.2) is 0 Å². The number of methoxy groups -OCH3 is 1. The summed E-state index contributed by atoms with van der Waals surface area (Å²) < 4.78 is 32.4. The second-order valence-electron chi connectivity index (χ2n) is 11.8. The van der Waals surface area contributed by atoms with Gasteiger partial charge in [0.25, 0.3) is 0 Å². The smallest absolute Gasteiger partial charge is 0.325 e. The maximum atomic E-state index is 14.6. The summed E-state index contributed by atoms with van der Waals surface area (Å²) in [4.78, 5) is 19.2. The van der Waals surface area contributed by atoms with Crippen LogP contribution in [0, 0.1) is 11.7 Å². The number of ether oxygens (including phenoxy) is 3. The van der Waals surface area contributed by atoms with Crippen molar-refractivity contribution in [3.63, 3.8) is 0 Å². The number of rotatable bonds is 11. The Bertz CT molecular complexity index is 1210. The van der Waals surface area contributed by atoms with E-state index in [2.05, 4.69) is 17.4 Å². The highest BCUT2D eigenvalue weighted by Crippen LogP contribution is 2.40. The van der Waals surface area contributed by atoms with Gasteiger partial charge < -0.3 is 24.6 Å². The fraction of sp³-hybridized carbons (Fsp3) is 0.613. The molecule has 8 nitrogen and oxygen atoms in total. The molecule has 4 heterocycles. The summed E-state index contributed by atoms with van der Waals surface area (Å²) >= 11 is 0. The lowest BCUT2D eigenvalue weighted by atomic mass is 9.81. The Labute approximate surface area is 236 Å². The number of nitrogens with one attached hydrogen (secondary N) is 1. The van der Waals surface area contributed by atoms with Crippen LogP contribution in [0.15, 0.2) is 24.3 Å². The van der Waals surface area contributed by atoms with E-state index >= 15 is 0 Å². The van der Waals surface area contributed by atoms with Gasteiger partial charge in [-0.15, -0.1) is 0 Å². The lowest BCUT2D eigenvalue weighted by Crippen LogP contribution is -2.41. The third-order valence-corrected chi connectivity index (χ3v) is 8.81. The predicted molar refractivity (Wildman–Crippen MR) is 150 cm³/mol. The van der Waals surface area contributed by atoms with Gasteiger partial charge in [0.1, 0.15) is 23.4 Å². The number of carbonyl (C=O) groups is 1. The van der Waals surface area contributed by atoms with Crippen LogP contribution in [0.5, 0.6) is 5.75 Å². The first kappa shape index (κ1) is 28.8. The number of pyridine rings is 1. The molecule has 2 aromatic rings. The molecule has 0 radical (unpaired) electrons. The third kappa shape index (κ3) is 6.42. The number of aryl methyl sites for hydroxylation is 2. The van der Waals surface area contributed by atoms with Gasteiger partial charge in [-0.25, -0.2) is 9.37 Å². The zero-order valence-corrected chi connectivity index (χ0v) is 23.9. The highest BCUT2D eigenvalue weighted by molar-refractivity contribution is 5.77. The van der Waals surface area contributed by atoms with Crippen molar-refractivity contribution >= 4 is 11.8 Å². The minimum atomic E-state index is -0.992. The van der Waals surface area contributed by atoms with E-state index < -0.39 is 23.4 Å². The number of carboxylic acid groups (broad SMARTS) is 1. The maximum Gasteiger partial charge on any atom is 0.325 e. The Kier molecular flexibility index (Phi) is 8.92. The Balaban J connectivity index is 1.17. The molecule has 0 aliphatic carbocycles. The maximum absolute atomic E-state index is 14.6. The molecule has 0 bridgehead atoms. The quantitative estimate of drug-likeness (QED) is 0.382. The van der Waals surface area contributed by atoms with Gasteiger partial charge in [0, 0.05) is 56.6 Å². The molecule has 5 rings (SSSR count). The molecular formula is C31H42FN3O5. The van der Waals surface area contributed by atoms with E-state index in [1.54, 1.807) is 7.11 Å². The molecular weight excluding hydrogens is 513 g/mol. The van der Waals surface area contributed by atoms with Crippen molar-refractivity contribution in [2.24, 2.45) is 5.92 Å². The molecule has 9 heteroatoms. The van der Waals surface area contributed by atoms with Gasteiger partial charge in [-0.05, 0) is 82.1 Å². The Morgan fingerprint density at radius 3 is 2.98 bits per heavy atom. The number of aliphatic carboxylic acids is 1. The number of fused-ring (bicyclic) bond motifs is 2. The molecule has 0 amide bonds. The average molecular weight is 556 g/mol. The van der Waals surface area contributed by atoms with Crippen LogP contribution in [-0.4, -0.2) is 72.6 Å². The predicted octanol–water partition coefficient (Wildman–Crippen LogP) is 4.79. The average Bonchev–Trinajstić information content (AvgIpc) is 3.40. The number of hydrogen-bond donors (Lipinski definition) is 2. The fourth-order valence-electron chi connectivity index (χ4n) is 6.11. The van der Waals surface area contributed by atoms with Gasteiger partial charge in [0.05, 0.1) is 18.3 Å². The van der Waals surface area contributed by atoms with Gasteiger partial charge in [-0.1, -0.05) is 6.07 Å². The first-order chi connectivity index (χ1) is 19.2. The number of anilines is 1. The molecule has 1 saturated heterocycles. The summed E-state index contributed by atoms with van der Waals surface area (Å²) in [5.74, 6) is 0.00373. The number of carboxylic acids is 1. The highest BCUT2D eigenvalue weighted by Gasteiger charge is 2.40. The topological polar surface area (TPSA) is 93.2 Å². The standard InChI is InChI=1S/C31H42FN3O5/c1-31(2,38-3)21-15-25-26(16-22(32)17-27(25)40-19-21)28(30(36)37)35-13-11-24(18-35)39-14-5-4-8-23-10-9-20-7-6-12-33-29(20)34-23/h9-10,16-17,21,24,28H,4-8,11-15,18-19H2,1-3H3,(H,33,34)(H,36,37)/t21?,24-,28?/m1/s1. The van der Waals surface area contributed by atoms with Crippen molar-refractivity contribution < 1.29 is 28.5 Å². The van der Waals surface area contributed by atoms with Crippen LogP contribution in [0.4, 0.5) is 10.2 Å². The second kappa shape index (κ2) is 12.4. The summed E-state index contributed by atoms with van der Waals surface area (Å²) in [6, 6.07) is 6.07. The van der Waals surface area contributed by atoms with E-state index in [9.17, 15) is 14.3 Å². The van der Waals surface area contributed by atoms with Crippen LogP contribution in [-0.2, 0) is 33.5 Å². The monoisotopic (exact) mass is 555 g/mol. The van der Waals surface area contributed by atoms with Crippen LogP contribution in [0.1, 0.15) is 68.0 Å². The third-order valence-electron chi connectivity index (χ3n) is 8.81. The SMILES string of the molecule is COC(C)(C)C1COc2cc(F)cc(C(C(=O)O)N3CC[C@@H](OCCCCc4ccc5c(n4)NCCC5)C3)c2C1. The lowest BCUT2D eigenvalue weighted by molar-refractivity contribution is -0.143. The number of benzene rings is 1. The van der Waals surface area contributed by atoms with Crippen LogP contribution >= 0.6 is 0 Å². The molecule has 1 fully saturated rings. The minimum absolute atomic E-state index is 0.0195. The lowest BCUT2D eigenvalue weighted by Gasteiger charge is -2.38. The van der Waals surface area contributed by atoms with Crippen molar-refractivity contribution in [1.29, 1.82) is 0 Å². The number of likely N-dealkylation sites (tertiary alicyclic amines) is 1. The van der Waals surface area contributed by atoms with Crippen LogP contribution in [0.2, 0.25) is 0 Å². The molecule has 2 unspecified atom stereocenters.